The number of carbonyl (C=O) groups is 1. The van der Waals surface area contributed by atoms with E-state index in [0.717, 1.165) is 34.7 Å². The molecule has 0 fully saturated rings. The number of allylic oxidation sites excluding steroid dienone is 2. The molecule has 5 nitrogen and oxygen atoms in total. The van der Waals surface area contributed by atoms with Gasteiger partial charge in [-0.25, -0.2) is 4.39 Å². The van der Waals surface area contributed by atoms with Crippen molar-refractivity contribution in [1.29, 1.82) is 0 Å². The van der Waals surface area contributed by atoms with Gasteiger partial charge in [-0.05, 0) is 54.8 Å². The van der Waals surface area contributed by atoms with E-state index >= 15 is 0 Å². The van der Waals surface area contributed by atoms with E-state index < -0.39 is 0 Å². The predicted octanol–water partition coefficient (Wildman–Crippen LogP) is 5.14. The van der Waals surface area contributed by atoms with Gasteiger partial charge in [0, 0.05) is 24.2 Å². The van der Waals surface area contributed by atoms with Crippen molar-refractivity contribution in [2.75, 3.05) is 13.1 Å². The zero-order chi connectivity index (χ0) is 23.4. The van der Waals surface area contributed by atoms with Crippen LogP contribution in [0.4, 0.5) is 4.39 Å². The maximum atomic E-state index is 13.8. The number of amides is 1. The zero-order valence-electron chi connectivity index (χ0n) is 19.2. The first kappa shape index (κ1) is 20.8. The third kappa shape index (κ3) is 3.69. The smallest absolute Gasteiger partial charge is 0.244 e. The third-order valence-corrected chi connectivity index (χ3v) is 6.66. The first-order valence-corrected chi connectivity index (χ1v) is 11.5. The van der Waals surface area contributed by atoms with Crippen molar-refractivity contribution in [2.24, 2.45) is 4.99 Å². The number of aliphatic imine (C=N–C) groups is 1. The number of rotatable bonds is 4. The minimum Gasteiger partial charge on any atom is -0.331 e. The highest BCUT2D eigenvalue weighted by Gasteiger charge is 2.39. The van der Waals surface area contributed by atoms with E-state index in [2.05, 4.69) is 6.08 Å². The maximum absolute atomic E-state index is 13.8. The molecule has 0 atom stereocenters. The number of aryl methyl sites for hydroxylation is 1. The summed E-state index contributed by atoms with van der Waals surface area (Å²) in [7, 11) is 0. The molecule has 6 heteroatoms. The molecule has 0 spiro atoms. The number of aromatic nitrogens is 2. The van der Waals surface area contributed by atoms with Gasteiger partial charge in [-0.3, -0.25) is 14.5 Å². The molecular weight excluding hydrogens is 427 g/mol. The fraction of sp³-hybridized carbons (Fsp3) is 0.214. The average Bonchev–Trinajstić information content (AvgIpc) is 3.28. The lowest BCUT2D eigenvalue weighted by atomic mass is 10.1. The van der Waals surface area contributed by atoms with Crippen LogP contribution in [0.25, 0.3) is 22.5 Å². The molecule has 34 heavy (non-hydrogen) atoms. The number of benzene rings is 2. The minimum atomic E-state index is -0.244. The quantitative estimate of drug-likeness (QED) is 0.552. The molecule has 1 aliphatic carbocycles. The second-order valence-corrected chi connectivity index (χ2v) is 9.18. The molecular formula is C28H24FN4O. The molecule has 0 saturated carbocycles. The van der Waals surface area contributed by atoms with Crippen LogP contribution in [0.5, 0.6) is 0 Å². The molecule has 0 saturated heterocycles. The van der Waals surface area contributed by atoms with Gasteiger partial charge < -0.3 is 4.90 Å². The Morgan fingerprint density at radius 1 is 1.03 bits per heavy atom. The maximum Gasteiger partial charge on any atom is 0.244 e. The lowest BCUT2D eigenvalue weighted by molar-refractivity contribution is -0.130. The number of hydrogen-bond acceptors (Lipinski definition) is 3. The molecule has 6 rings (SSSR count). The molecule has 1 aromatic heterocycles. The van der Waals surface area contributed by atoms with Crippen molar-refractivity contribution in [2.45, 2.75) is 26.8 Å². The summed E-state index contributed by atoms with van der Waals surface area (Å²) in [5, 5.41) is 4.77. The van der Waals surface area contributed by atoms with Crippen molar-refractivity contribution in [3.63, 3.8) is 0 Å². The van der Waals surface area contributed by atoms with E-state index in [4.69, 9.17) is 10.1 Å². The summed E-state index contributed by atoms with van der Waals surface area (Å²) in [6.45, 7) is 5.04. The fourth-order valence-electron chi connectivity index (χ4n) is 4.80. The molecule has 1 radical (unpaired) electrons. The van der Waals surface area contributed by atoms with Gasteiger partial charge in [-0.2, -0.15) is 5.10 Å². The van der Waals surface area contributed by atoms with Crippen LogP contribution in [0.15, 0.2) is 82.5 Å². The van der Waals surface area contributed by atoms with Crippen molar-refractivity contribution in [1.82, 2.24) is 14.7 Å². The van der Waals surface area contributed by atoms with Crippen LogP contribution in [0, 0.1) is 18.7 Å². The van der Waals surface area contributed by atoms with Crippen molar-refractivity contribution < 1.29 is 9.18 Å². The Labute approximate surface area is 197 Å². The summed E-state index contributed by atoms with van der Waals surface area (Å²) in [5.41, 5.74) is 8.58. The van der Waals surface area contributed by atoms with Gasteiger partial charge in [0.2, 0.25) is 5.91 Å². The monoisotopic (exact) mass is 451 g/mol. The molecule has 0 N–H and O–H groups in total. The van der Waals surface area contributed by atoms with Crippen LogP contribution in [-0.2, 0) is 11.3 Å². The molecule has 3 aliphatic rings. The van der Waals surface area contributed by atoms with Crippen LogP contribution >= 0.6 is 0 Å². The van der Waals surface area contributed by atoms with Gasteiger partial charge in [-0.1, -0.05) is 42.0 Å². The highest BCUT2D eigenvalue weighted by molar-refractivity contribution is 5.91. The third-order valence-electron chi connectivity index (χ3n) is 6.66. The van der Waals surface area contributed by atoms with E-state index in [1.54, 1.807) is 23.7 Å². The van der Waals surface area contributed by atoms with E-state index in [1.807, 2.05) is 48.2 Å². The van der Waals surface area contributed by atoms with Crippen LogP contribution in [-0.4, -0.2) is 39.4 Å². The summed E-state index contributed by atoms with van der Waals surface area (Å²) in [6, 6.07) is 16.9. The number of nitrogens with zero attached hydrogens (tertiary/aromatic N) is 4. The molecule has 3 aromatic rings. The first-order valence-electron chi connectivity index (χ1n) is 11.5. The number of carbonyl (C=O) groups excluding carboxylic acids is 1. The Kier molecular flexibility index (Phi) is 4.83. The Hall–Kier alpha value is -3.80. The van der Waals surface area contributed by atoms with Crippen molar-refractivity contribution in [3.05, 3.63) is 94.8 Å². The lowest BCUT2D eigenvalue weighted by Crippen LogP contribution is -2.33. The molecule has 3 heterocycles. The van der Waals surface area contributed by atoms with E-state index in [0.29, 0.717) is 24.3 Å². The second kappa shape index (κ2) is 7.90. The molecule has 0 unspecified atom stereocenters. The average molecular weight is 452 g/mol. The topological polar surface area (TPSA) is 50.5 Å². The van der Waals surface area contributed by atoms with Gasteiger partial charge in [0.05, 0.1) is 29.5 Å². The van der Waals surface area contributed by atoms with Gasteiger partial charge in [0.1, 0.15) is 12.4 Å². The van der Waals surface area contributed by atoms with Crippen LogP contribution in [0.1, 0.15) is 18.9 Å². The highest BCUT2D eigenvalue weighted by atomic mass is 19.1. The second-order valence-electron chi connectivity index (χ2n) is 9.18. The fourth-order valence-corrected chi connectivity index (χ4v) is 4.80. The van der Waals surface area contributed by atoms with E-state index in [-0.39, 0.29) is 18.3 Å². The molecule has 1 amide bonds. The lowest BCUT2D eigenvalue weighted by Gasteiger charge is -2.18. The largest absolute Gasteiger partial charge is 0.331 e. The summed E-state index contributed by atoms with van der Waals surface area (Å²) in [5.74, 6) is 1.04. The van der Waals surface area contributed by atoms with Crippen molar-refractivity contribution >= 4 is 11.6 Å². The first-order chi connectivity index (χ1) is 16.5. The molecule has 0 bridgehead atoms. The Morgan fingerprint density at radius 2 is 1.85 bits per heavy atom. The Morgan fingerprint density at radius 3 is 2.65 bits per heavy atom. The van der Waals surface area contributed by atoms with Gasteiger partial charge in [-0.15, -0.1) is 0 Å². The highest BCUT2D eigenvalue weighted by Crippen LogP contribution is 2.46. The summed E-state index contributed by atoms with van der Waals surface area (Å²) < 4.78 is 15.6. The summed E-state index contributed by atoms with van der Waals surface area (Å²) in [4.78, 5) is 20.0. The van der Waals surface area contributed by atoms with Gasteiger partial charge >= 0.3 is 0 Å². The number of fused-ring (bicyclic) bond motifs is 2. The zero-order valence-corrected chi connectivity index (χ0v) is 19.2. The van der Waals surface area contributed by atoms with Crippen LogP contribution in [0.2, 0.25) is 0 Å². The molecule has 2 aliphatic heterocycles. The van der Waals surface area contributed by atoms with E-state index in [1.165, 1.54) is 23.1 Å². The normalized spacial score (nSPS) is 17.2. The Balaban J connectivity index is 1.29. The SMILES string of the molecule is CC1=NC2=C(CN(C(=O)Cn3nc(-c4ccc(F)c(C)c4)cc3-c3ccccc3)C2)[C]2C=C2C1. The van der Waals surface area contributed by atoms with E-state index in [9.17, 15) is 9.18 Å². The van der Waals surface area contributed by atoms with Crippen LogP contribution in [0.3, 0.4) is 0 Å². The molecule has 2 aromatic carbocycles. The standard InChI is InChI=1S/C28H24FN4O/c1-17-10-20(8-9-24(17)29)25-13-27(19-6-4-3-5-7-19)33(31-25)16-28(34)32-14-23-22-12-21(22)11-18(2)30-26(23)15-32/h3-10,12-13H,11,14-16H2,1-2H3. The summed E-state index contributed by atoms with van der Waals surface area (Å²) >= 11 is 0. The molecule has 169 valence electrons. The Bertz CT molecular complexity index is 1410. The number of halogens is 1. The van der Waals surface area contributed by atoms with Crippen LogP contribution < -0.4 is 0 Å². The summed E-state index contributed by atoms with van der Waals surface area (Å²) in [6.07, 6.45) is 3.12. The predicted molar refractivity (Wildman–Crippen MR) is 130 cm³/mol. The minimum absolute atomic E-state index is 0.00541. The number of hydrogen-bond donors (Lipinski definition) is 0. The van der Waals surface area contributed by atoms with Gasteiger partial charge in [0.25, 0.3) is 0 Å². The van der Waals surface area contributed by atoms with Gasteiger partial charge in [0.15, 0.2) is 0 Å². The van der Waals surface area contributed by atoms with Crippen molar-refractivity contribution in [3.8, 4) is 22.5 Å².